The predicted molar refractivity (Wildman–Crippen MR) is 87.3 cm³/mol. The molecule has 0 radical (unpaired) electrons. The van der Waals surface area contributed by atoms with Gasteiger partial charge in [0.15, 0.2) is 0 Å². The molecule has 1 aromatic rings. The Labute approximate surface area is 135 Å². The zero-order chi connectivity index (χ0) is 16.3. The van der Waals surface area contributed by atoms with Gasteiger partial charge in [-0.25, -0.2) is 0 Å². The number of thioether (sulfide) groups is 1. The third-order valence-corrected chi connectivity index (χ3v) is 5.41. The highest BCUT2D eigenvalue weighted by molar-refractivity contribution is 7.99. The van der Waals surface area contributed by atoms with Gasteiger partial charge < -0.3 is 14.6 Å². The fourth-order valence-corrected chi connectivity index (χ4v) is 3.78. The minimum atomic E-state index is -0.418. The summed E-state index contributed by atoms with van der Waals surface area (Å²) >= 11 is 1.61. The molecule has 2 rings (SSSR count). The Kier molecular flexibility index (Phi) is 5.56. The summed E-state index contributed by atoms with van der Waals surface area (Å²) in [4.78, 5) is 26.6. The van der Waals surface area contributed by atoms with Crippen LogP contribution in [-0.4, -0.2) is 34.6 Å². The first-order valence-corrected chi connectivity index (χ1v) is 8.75. The molecule has 2 amide bonds. The number of furan rings is 1. The molecule has 3 unspecified atom stereocenters. The van der Waals surface area contributed by atoms with Crippen LogP contribution in [0.15, 0.2) is 23.0 Å². The topological polar surface area (TPSA) is 62.6 Å². The van der Waals surface area contributed by atoms with E-state index in [1.54, 1.807) is 29.2 Å². The van der Waals surface area contributed by atoms with E-state index in [-0.39, 0.29) is 23.2 Å². The van der Waals surface area contributed by atoms with E-state index in [1.165, 1.54) is 0 Å². The van der Waals surface area contributed by atoms with Gasteiger partial charge in [-0.1, -0.05) is 20.8 Å². The standard InChI is InChI=1S/C16H24N2O3S/c1-5-14(19)18-13(15(20)17-11(4)10(2)3)9-22-16(18)12-6-7-21-8-12/h6-8,10-11,13,16H,5,9H2,1-4H3,(H,17,20). The highest BCUT2D eigenvalue weighted by Gasteiger charge is 2.42. The third-order valence-electron chi connectivity index (χ3n) is 4.09. The van der Waals surface area contributed by atoms with Crippen molar-refractivity contribution >= 4 is 23.6 Å². The molecule has 6 heteroatoms. The second-order valence-corrected chi connectivity index (χ2v) is 7.07. The van der Waals surface area contributed by atoms with Crippen molar-refractivity contribution < 1.29 is 14.0 Å². The second-order valence-electron chi connectivity index (χ2n) is 5.95. The Hall–Kier alpha value is -1.43. The van der Waals surface area contributed by atoms with Crippen LogP contribution in [0.25, 0.3) is 0 Å². The van der Waals surface area contributed by atoms with Gasteiger partial charge in [0.2, 0.25) is 11.8 Å². The summed E-state index contributed by atoms with van der Waals surface area (Å²) < 4.78 is 5.13. The summed E-state index contributed by atoms with van der Waals surface area (Å²) in [5, 5.41) is 2.88. The highest BCUT2D eigenvalue weighted by Crippen LogP contribution is 2.41. The molecule has 1 aliphatic rings. The molecule has 5 nitrogen and oxygen atoms in total. The van der Waals surface area contributed by atoms with Crippen molar-refractivity contribution in [3.05, 3.63) is 24.2 Å². The van der Waals surface area contributed by atoms with Crippen molar-refractivity contribution in [2.45, 2.75) is 51.6 Å². The molecule has 0 aliphatic carbocycles. The number of amides is 2. The van der Waals surface area contributed by atoms with E-state index in [9.17, 15) is 9.59 Å². The first-order valence-electron chi connectivity index (χ1n) is 7.71. The van der Waals surface area contributed by atoms with Gasteiger partial charge in [0.25, 0.3) is 0 Å². The van der Waals surface area contributed by atoms with Gasteiger partial charge in [-0.2, -0.15) is 0 Å². The lowest BCUT2D eigenvalue weighted by Crippen LogP contribution is -2.50. The van der Waals surface area contributed by atoms with Crippen LogP contribution in [0.2, 0.25) is 0 Å². The number of nitrogens with one attached hydrogen (secondary N) is 1. The Balaban J connectivity index is 2.17. The Morgan fingerprint density at radius 3 is 2.73 bits per heavy atom. The van der Waals surface area contributed by atoms with E-state index in [2.05, 4.69) is 19.2 Å². The molecule has 2 heterocycles. The number of hydrogen-bond acceptors (Lipinski definition) is 4. The molecule has 1 aliphatic heterocycles. The molecule has 0 aromatic carbocycles. The van der Waals surface area contributed by atoms with E-state index in [0.717, 1.165) is 5.56 Å². The van der Waals surface area contributed by atoms with Crippen molar-refractivity contribution in [2.75, 3.05) is 5.75 Å². The average molecular weight is 324 g/mol. The normalized spacial score (nSPS) is 22.9. The monoisotopic (exact) mass is 324 g/mol. The minimum Gasteiger partial charge on any atom is -0.472 e. The first-order chi connectivity index (χ1) is 10.5. The number of nitrogens with zero attached hydrogens (tertiary/aromatic N) is 1. The van der Waals surface area contributed by atoms with E-state index >= 15 is 0 Å². The largest absolute Gasteiger partial charge is 0.472 e. The van der Waals surface area contributed by atoms with Crippen molar-refractivity contribution in [1.82, 2.24) is 10.2 Å². The molecule has 3 atom stereocenters. The molecule has 0 spiro atoms. The van der Waals surface area contributed by atoms with Crippen molar-refractivity contribution in [3.8, 4) is 0 Å². The van der Waals surface area contributed by atoms with Gasteiger partial charge in [-0.3, -0.25) is 9.59 Å². The molecule has 22 heavy (non-hydrogen) atoms. The zero-order valence-corrected chi connectivity index (χ0v) is 14.4. The summed E-state index contributed by atoms with van der Waals surface area (Å²) in [5.74, 6) is 0.895. The molecule has 1 aromatic heterocycles. The maximum atomic E-state index is 12.6. The number of rotatable bonds is 5. The Morgan fingerprint density at radius 1 is 1.45 bits per heavy atom. The molecule has 1 saturated heterocycles. The van der Waals surface area contributed by atoms with E-state index in [1.807, 2.05) is 19.9 Å². The third kappa shape index (κ3) is 3.48. The number of hydrogen-bond donors (Lipinski definition) is 1. The molecular weight excluding hydrogens is 300 g/mol. The molecule has 1 N–H and O–H groups in total. The smallest absolute Gasteiger partial charge is 0.243 e. The second kappa shape index (κ2) is 7.22. The summed E-state index contributed by atoms with van der Waals surface area (Å²) in [7, 11) is 0. The van der Waals surface area contributed by atoms with Crippen LogP contribution in [0.5, 0.6) is 0 Å². The quantitative estimate of drug-likeness (QED) is 0.904. The fraction of sp³-hybridized carbons (Fsp3) is 0.625. The average Bonchev–Trinajstić information content (AvgIpc) is 3.14. The van der Waals surface area contributed by atoms with Crippen molar-refractivity contribution in [2.24, 2.45) is 5.92 Å². The fourth-order valence-electron chi connectivity index (χ4n) is 2.36. The van der Waals surface area contributed by atoms with Crippen LogP contribution in [0, 0.1) is 5.92 Å². The Morgan fingerprint density at radius 2 is 2.18 bits per heavy atom. The van der Waals surface area contributed by atoms with Crippen LogP contribution >= 0.6 is 11.8 Å². The molecule has 0 bridgehead atoms. The summed E-state index contributed by atoms with van der Waals surface area (Å²) in [6.07, 6.45) is 3.63. The molecule has 1 fully saturated rings. The first kappa shape index (κ1) is 16.9. The van der Waals surface area contributed by atoms with Gasteiger partial charge in [0.1, 0.15) is 11.4 Å². The van der Waals surface area contributed by atoms with E-state index in [4.69, 9.17) is 4.42 Å². The summed E-state index contributed by atoms with van der Waals surface area (Å²) in [6, 6.07) is 1.52. The van der Waals surface area contributed by atoms with Gasteiger partial charge in [0.05, 0.1) is 12.5 Å². The van der Waals surface area contributed by atoms with Crippen LogP contribution < -0.4 is 5.32 Å². The van der Waals surface area contributed by atoms with Crippen LogP contribution in [-0.2, 0) is 9.59 Å². The van der Waals surface area contributed by atoms with Gasteiger partial charge in [-0.05, 0) is 18.9 Å². The zero-order valence-electron chi connectivity index (χ0n) is 13.5. The Bertz CT molecular complexity index is 515. The van der Waals surface area contributed by atoms with Crippen molar-refractivity contribution in [3.63, 3.8) is 0 Å². The van der Waals surface area contributed by atoms with Crippen LogP contribution in [0.4, 0.5) is 0 Å². The SMILES string of the molecule is CCC(=O)N1C(C(=O)NC(C)C(C)C)CSC1c1ccoc1. The maximum Gasteiger partial charge on any atom is 0.243 e. The summed E-state index contributed by atoms with van der Waals surface area (Å²) in [5.41, 5.74) is 0.930. The molecular formula is C16H24N2O3S. The lowest BCUT2D eigenvalue weighted by molar-refractivity contribution is -0.140. The highest BCUT2D eigenvalue weighted by atomic mass is 32.2. The lowest BCUT2D eigenvalue weighted by atomic mass is 10.1. The summed E-state index contributed by atoms with van der Waals surface area (Å²) in [6.45, 7) is 7.95. The van der Waals surface area contributed by atoms with Crippen LogP contribution in [0.1, 0.15) is 45.1 Å². The number of carbonyl (C=O) groups excluding carboxylic acids is 2. The molecule has 122 valence electrons. The van der Waals surface area contributed by atoms with Gasteiger partial charge >= 0.3 is 0 Å². The number of carbonyl (C=O) groups is 2. The van der Waals surface area contributed by atoms with Gasteiger partial charge in [0, 0.05) is 23.8 Å². The maximum absolute atomic E-state index is 12.6. The van der Waals surface area contributed by atoms with Gasteiger partial charge in [-0.15, -0.1) is 11.8 Å². The minimum absolute atomic E-state index is 0.00597. The lowest BCUT2D eigenvalue weighted by Gasteiger charge is -2.29. The van der Waals surface area contributed by atoms with Crippen LogP contribution in [0.3, 0.4) is 0 Å². The van der Waals surface area contributed by atoms with E-state index < -0.39 is 6.04 Å². The predicted octanol–water partition coefficient (Wildman–Crippen LogP) is 2.79. The molecule has 0 saturated carbocycles. The van der Waals surface area contributed by atoms with E-state index in [0.29, 0.717) is 18.1 Å². The van der Waals surface area contributed by atoms with Crippen molar-refractivity contribution in [1.29, 1.82) is 0 Å².